The summed E-state index contributed by atoms with van der Waals surface area (Å²) in [4.78, 5) is 0. The van der Waals surface area contributed by atoms with Crippen LogP contribution in [0.3, 0.4) is 0 Å². The van der Waals surface area contributed by atoms with E-state index >= 15 is 0 Å². The van der Waals surface area contributed by atoms with Crippen molar-refractivity contribution in [2.24, 2.45) is 11.8 Å². The first-order valence-electron chi connectivity index (χ1n) is 3.35. The van der Waals surface area contributed by atoms with Crippen LogP contribution >= 0.6 is 12.4 Å². The van der Waals surface area contributed by atoms with Crippen molar-refractivity contribution < 1.29 is 9.51 Å². The summed E-state index contributed by atoms with van der Waals surface area (Å²) in [5.41, 5.74) is 6.74. The fraction of sp³-hybridized carbons (Fsp3) is 0. The molecular formula is C6H11BClN3O2. The fourth-order valence-corrected chi connectivity index (χ4v) is 0.904. The second-order valence-electron chi connectivity index (χ2n) is 2.23. The maximum absolute atomic E-state index is 5.60. The highest BCUT2D eigenvalue weighted by Crippen LogP contribution is 1.98. The largest absolute Gasteiger partial charge is 0.530 e. The minimum absolute atomic E-state index is 0. The van der Waals surface area contributed by atoms with E-state index in [9.17, 15) is 0 Å². The molecule has 5 nitrogen and oxygen atoms in total. The lowest BCUT2D eigenvalue weighted by atomic mass is 9.78. The van der Waals surface area contributed by atoms with Crippen molar-refractivity contribution in [3.63, 3.8) is 0 Å². The van der Waals surface area contributed by atoms with Crippen LogP contribution in [0.2, 0.25) is 0 Å². The van der Waals surface area contributed by atoms with Crippen LogP contribution in [0.25, 0.3) is 0 Å². The molecule has 0 unspecified atom stereocenters. The van der Waals surface area contributed by atoms with Gasteiger partial charge in [-0.1, -0.05) is 18.2 Å². The highest BCUT2D eigenvalue weighted by Gasteiger charge is 2.21. The lowest BCUT2D eigenvalue weighted by molar-refractivity contribution is 0.216. The zero-order valence-electron chi connectivity index (χ0n) is 6.84. The molecule has 0 heterocycles. The molecule has 72 valence electrons. The molecule has 0 fully saturated rings. The molecule has 13 heavy (non-hydrogen) atoms. The summed E-state index contributed by atoms with van der Waals surface area (Å²) in [6.07, 6.45) is 0. The SMILES string of the molecule is Cl.NOB(ON)c1ccccc1N. The second-order valence-corrected chi connectivity index (χ2v) is 2.23. The first kappa shape index (κ1) is 12.2. The Hall–Kier alpha value is -0.785. The van der Waals surface area contributed by atoms with Crippen LogP contribution in [0.5, 0.6) is 0 Å². The van der Waals surface area contributed by atoms with Crippen molar-refractivity contribution in [2.45, 2.75) is 0 Å². The minimum atomic E-state index is -0.814. The van der Waals surface area contributed by atoms with Crippen LogP contribution in [0.4, 0.5) is 5.69 Å². The summed E-state index contributed by atoms with van der Waals surface area (Å²) in [6, 6.07) is 7.01. The molecular weight excluding hydrogens is 192 g/mol. The highest BCUT2D eigenvalue weighted by atomic mass is 35.5. The van der Waals surface area contributed by atoms with Crippen molar-refractivity contribution in [3.05, 3.63) is 24.3 Å². The van der Waals surface area contributed by atoms with Gasteiger partial charge in [-0.3, -0.25) is 0 Å². The molecule has 0 aromatic heterocycles. The van der Waals surface area contributed by atoms with Gasteiger partial charge in [-0.05, 0) is 6.07 Å². The van der Waals surface area contributed by atoms with E-state index in [1.165, 1.54) is 0 Å². The van der Waals surface area contributed by atoms with E-state index in [0.717, 1.165) is 0 Å². The third-order valence-electron chi connectivity index (χ3n) is 1.50. The zero-order chi connectivity index (χ0) is 8.97. The number of benzene rings is 1. The van der Waals surface area contributed by atoms with Crippen molar-refractivity contribution in [3.8, 4) is 0 Å². The third-order valence-corrected chi connectivity index (χ3v) is 1.50. The summed E-state index contributed by atoms with van der Waals surface area (Å²) < 4.78 is 8.88. The second kappa shape index (κ2) is 5.79. The molecule has 0 spiro atoms. The molecule has 0 aliphatic carbocycles. The van der Waals surface area contributed by atoms with Gasteiger partial charge in [0, 0.05) is 11.2 Å². The van der Waals surface area contributed by atoms with Crippen molar-refractivity contribution in [1.82, 2.24) is 0 Å². The van der Waals surface area contributed by atoms with Crippen molar-refractivity contribution >= 4 is 30.7 Å². The third kappa shape index (κ3) is 2.87. The Morgan fingerprint density at radius 1 is 1.08 bits per heavy atom. The Kier molecular flexibility index (Phi) is 5.44. The van der Waals surface area contributed by atoms with E-state index < -0.39 is 7.12 Å². The number of hydrogen-bond donors (Lipinski definition) is 3. The van der Waals surface area contributed by atoms with E-state index in [1.807, 2.05) is 0 Å². The molecule has 6 N–H and O–H groups in total. The van der Waals surface area contributed by atoms with Crippen molar-refractivity contribution in [2.75, 3.05) is 5.73 Å². The van der Waals surface area contributed by atoms with Crippen molar-refractivity contribution in [1.29, 1.82) is 0 Å². The number of halogens is 1. The average molecular weight is 203 g/mol. The summed E-state index contributed by atoms with van der Waals surface area (Å²) in [5, 5.41) is 0. The Morgan fingerprint density at radius 2 is 1.62 bits per heavy atom. The Balaban J connectivity index is 0.00000144. The summed E-state index contributed by atoms with van der Waals surface area (Å²) in [5.74, 6) is 9.85. The predicted molar refractivity (Wildman–Crippen MR) is 54.0 cm³/mol. The first-order valence-corrected chi connectivity index (χ1v) is 3.35. The minimum Gasteiger partial charge on any atom is -0.399 e. The molecule has 0 amide bonds. The summed E-state index contributed by atoms with van der Waals surface area (Å²) in [7, 11) is -0.814. The molecule has 1 aromatic carbocycles. The summed E-state index contributed by atoms with van der Waals surface area (Å²) in [6.45, 7) is 0. The molecule has 1 rings (SSSR count). The fourth-order valence-electron chi connectivity index (χ4n) is 0.904. The Bertz CT molecular complexity index is 259. The standard InChI is InChI=1S/C6H10BN3O2.ClH/c8-6-4-2-1-3-5(6)7(11-9)12-10;/h1-4H,8-10H2;1H. The molecule has 1 aromatic rings. The number of nitrogen functional groups attached to an aromatic ring is 1. The van der Waals surface area contributed by atoms with Crippen LogP contribution in [-0.4, -0.2) is 7.12 Å². The molecule has 0 saturated carbocycles. The topological polar surface area (TPSA) is 96.5 Å². The number of anilines is 1. The van der Waals surface area contributed by atoms with Gasteiger partial charge in [0.1, 0.15) is 0 Å². The Morgan fingerprint density at radius 3 is 2.08 bits per heavy atom. The quantitative estimate of drug-likeness (QED) is 0.338. The normalized spacial score (nSPS) is 9.08. The van der Waals surface area contributed by atoms with Gasteiger partial charge in [0.2, 0.25) is 0 Å². The lowest BCUT2D eigenvalue weighted by Crippen LogP contribution is -2.42. The van der Waals surface area contributed by atoms with Crippen LogP contribution in [0.15, 0.2) is 24.3 Å². The first-order chi connectivity index (χ1) is 5.79. The lowest BCUT2D eigenvalue weighted by Gasteiger charge is -2.08. The number of hydrogen-bond acceptors (Lipinski definition) is 5. The summed E-state index contributed by atoms with van der Waals surface area (Å²) >= 11 is 0. The molecule has 0 radical (unpaired) electrons. The van der Waals surface area contributed by atoms with Crippen LogP contribution < -0.4 is 23.0 Å². The van der Waals surface area contributed by atoms with E-state index in [1.54, 1.807) is 24.3 Å². The van der Waals surface area contributed by atoms with Gasteiger partial charge in [0.15, 0.2) is 0 Å². The molecule has 0 atom stereocenters. The van der Waals surface area contributed by atoms with E-state index in [-0.39, 0.29) is 12.4 Å². The van der Waals surface area contributed by atoms with Crippen LogP contribution in [-0.2, 0) is 9.51 Å². The van der Waals surface area contributed by atoms with Gasteiger partial charge in [-0.2, -0.15) is 0 Å². The van der Waals surface area contributed by atoms with Gasteiger partial charge in [-0.15, -0.1) is 12.4 Å². The van der Waals surface area contributed by atoms with Gasteiger partial charge < -0.3 is 15.2 Å². The van der Waals surface area contributed by atoms with E-state index in [4.69, 9.17) is 17.5 Å². The van der Waals surface area contributed by atoms with Crippen LogP contribution in [0, 0.1) is 0 Å². The highest BCUT2D eigenvalue weighted by molar-refractivity contribution is 6.62. The number of para-hydroxylation sites is 1. The Labute approximate surface area is 82.6 Å². The number of rotatable bonds is 3. The smallest absolute Gasteiger partial charge is 0.399 e. The maximum atomic E-state index is 5.60. The maximum Gasteiger partial charge on any atom is 0.530 e. The van der Waals surface area contributed by atoms with E-state index in [0.29, 0.717) is 11.2 Å². The van der Waals surface area contributed by atoms with Gasteiger partial charge in [0.25, 0.3) is 0 Å². The van der Waals surface area contributed by atoms with Gasteiger partial charge >= 0.3 is 7.12 Å². The average Bonchev–Trinajstić information content (AvgIpc) is 2.10. The van der Waals surface area contributed by atoms with Gasteiger partial charge in [0.05, 0.1) is 0 Å². The molecule has 0 bridgehead atoms. The monoisotopic (exact) mass is 203 g/mol. The zero-order valence-corrected chi connectivity index (χ0v) is 7.66. The number of nitrogens with two attached hydrogens (primary N) is 3. The molecule has 0 aliphatic rings. The van der Waals surface area contributed by atoms with E-state index in [2.05, 4.69) is 9.51 Å². The van der Waals surface area contributed by atoms with Gasteiger partial charge in [-0.25, -0.2) is 11.8 Å². The predicted octanol–water partition coefficient (Wildman–Crippen LogP) is -0.834. The van der Waals surface area contributed by atoms with Crippen LogP contribution in [0.1, 0.15) is 0 Å². The molecule has 0 saturated heterocycles. The molecule has 7 heteroatoms. The molecule has 0 aliphatic heterocycles.